The highest BCUT2D eigenvalue weighted by Crippen LogP contribution is 2.20. The second-order valence-electron chi connectivity index (χ2n) is 27.4. The molecule has 85 heavy (non-hydrogen) atoms. The molecule has 0 aliphatic heterocycles. The second-order valence-corrected chi connectivity index (χ2v) is 27.4. The van der Waals surface area contributed by atoms with Gasteiger partial charge in [0.25, 0.3) is 0 Å². The molecule has 0 spiro atoms. The molecule has 3 N–H and O–H groups in total. The molecule has 0 bridgehead atoms. The zero-order valence-electron chi connectivity index (χ0n) is 58.1. The lowest BCUT2D eigenvalue weighted by Crippen LogP contribution is -2.45. The van der Waals surface area contributed by atoms with Gasteiger partial charge in [0.1, 0.15) is 0 Å². The van der Waals surface area contributed by atoms with Gasteiger partial charge < -0.3 is 20.3 Å². The van der Waals surface area contributed by atoms with Crippen LogP contribution in [0.3, 0.4) is 0 Å². The largest absolute Gasteiger partial charge is 0.466 e. The number of ether oxygens (including phenoxy) is 1. The van der Waals surface area contributed by atoms with Crippen LogP contribution in [0.4, 0.5) is 0 Å². The van der Waals surface area contributed by atoms with Crippen molar-refractivity contribution in [3.05, 3.63) is 12.2 Å². The maximum absolute atomic E-state index is 12.6. The van der Waals surface area contributed by atoms with Crippen LogP contribution < -0.4 is 5.32 Å². The Labute approximate surface area is 533 Å². The van der Waals surface area contributed by atoms with E-state index >= 15 is 0 Å². The lowest BCUT2D eigenvalue weighted by atomic mass is 10.0. The normalized spacial score (nSPS) is 12.5. The molecule has 0 rings (SSSR count). The van der Waals surface area contributed by atoms with Crippen LogP contribution in [-0.4, -0.2) is 47.4 Å². The van der Waals surface area contributed by atoms with E-state index in [2.05, 4.69) is 31.3 Å². The fourth-order valence-corrected chi connectivity index (χ4v) is 12.8. The number of aliphatic hydroxyl groups is 2. The van der Waals surface area contributed by atoms with Crippen LogP contribution in [0.25, 0.3) is 0 Å². The van der Waals surface area contributed by atoms with Gasteiger partial charge in [-0.25, -0.2) is 0 Å². The van der Waals surface area contributed by atoms with Crippen molar-refractivity contribution < 1.29 is 24.5 Å². The third kappa shape index (κ3) is 71.6. The first-order valence-corrected chi connectivity index (χ1v) is 39.4. The Balaban J connectivity index is 3.32. The summed E-state index contributed by atoms with van der Waals surface area (Å²) in [4.78, 5) is 24.7. The number of carbonyl (C=O) groups is 2. The van der Waals surface area contributed by atoms with Gasteiger partial charge in [0.15, 0.2) is 0 Å². The Bertz CT molecular complexity index is 1290. The van der Waals surface area contributed by atoms with Crippen LogP contribution in [0.15, 0.2) is 12.2 Å². The zero-order chi connectivity index (χ0) is 61.3. The molecule has 2 unspecified atom stereocenters. The second kappa shape index (κ2) is 75.1. The van der Waals surface area contributed by atoms with Crippen LogP contribution in [0.1, 0.15) is 457 Å². The molecule has 0 aromatic carbocycles. The van der Waals surface area contributed by atoms with E-state index in [1.807, 2.05) is 0 Å². The summed E-state index contributed by atoms with van der Waals surface area (Å²) in [6.45, 7) is 5.00. The third-order valence-electron chi connectivity index (χ3n) is 18.8. The number of amides is 1. The summed E-state index contributed by atoms with van der Waals surface area (Å²) in [5.41, 5.74) is 0. The van der Waals surface area contributed by atoms with Gasteiger partial charge in [0.05, 0.1) is 25.4 Å². The molecule has 506 valence electrons. The summed E-state index contributed by atoms with van der Waals surface area (Å²) in [5.74, 6) is -0.00733. The van der Waals surface area contributed by atoms with E-state index in [4.69, 9.17) is 4.74 Å². The number of carbonyl (C=O) groups excluding carboxylic acids is 2. The van der Waals surface area contributed by atoms with E-state index in [9.17, 15) is 19.8 Å². The maximum Gasteiger partial charge on any atom is 0.305 e. The smallest absolute Gasteiger partial charge is 0.305 e. The molecule has 1 amide bonds. The predicted molar refractivity (Wildman–Crippen MR) is 375 cm³/mol. The van der Waals surface area contributed by atoms with Gasteiger partial charge in [-0.15, -0.1) is 0 Å². The summed E-state index contributed by atoms with van der Waals surface area (Å²) < 4.78 is 5.51. The number of allylic oxidation sites excluding steroid dienone is 2. The fourth-order valence-electron chi connectivity index (χ4n) is 12.8. The highest BCUT2D eigenvalue weighted by Gasteiger charge is 2.20. The van der Waals surface area contributed by atoms with Gasteiger partial charge in [-0.3, -0.25) is 9.59 Å². The van der Waals surface area contributed by atoms with Gasteiger partial charge in [-0.05, 0) is 51.4 Å². The monoisotopic (exact) mass is 1200 g/mol. The molecule has 0 saturated heterocycles. The van der Waals surface area contributed by atoms with Crippen molar-refractivity contribution in [2.24, 2.45) is 0 Å². The molecular formula is C79H155NO5. The van der Waals surface area contributed by atoms with Crippen molar-refractivity contribution >= 4 is 11.9 Å². The molecule has 0 aromatic rings. The summed E-state index contributed by atoms with van der Waals surface area (Å²) in [6, 6.07) is -0.539. The minimum Gasteiger partial charge on any atom is -0.466 e. The van der Waals surface area contributed by atoms with E-state index in [0.717, 1.165) is 44.9 Å². The molecule has 0 radical (unpaired) electrons. The summed E-state index contributed by atoms with van der Waals surface area (Å²) in [5, 5.41) is 23.5. The van der Waals surface area contributed by atoms with Crippen LogP contribution in [0.5, 0.6) is 0 Å². The summed E-state index contributed by atoms with van der Waals surface area (Å²) >= 11 is 0. The van der Waals surface area contributed by atoms with Crippen molar-refractivity contribution in [2.45, 2.75) is 469 Å². The number of nitrogens with one attached hydrogen (secondary N) is 1. The standard InChI is InChI=1S/C79H155NO5/c1-3-5-7-9-11-13-15-17-19-21-22-33-36-40-43-47-51-55-59-63-67-71-77(82)76(75-81)80-78(83)72-68-64-60-56-52-48-44-41-37-34-31-29-27-25-23-24-26-28-30-32-35-38-42-46-50-54-58-62-66-70-74-85-79(84)73-69-65-61-57-53-49-45-39-20-18-16-14-12-10-8-6-4-2/h18,20,76-77,81-82H,3-17,19,21-75H2,1-2H3,(H,80,83)/b20-18-. The van der Waals surface area contributed by atoms with Crippen LogP contribution >= 0.6 is 0 Å². The molecule has 2 atom stereocenters. The molecule has 0 heterocycles. The number of hydrogen-bond acceptors (Lipinski definition) is 5. The fraction of sp³-hybridized carbons (Fsp3) is 0.949. The zero-order valence-corrected chi connectivity index (χ0v) is 58.1. The van der Waals surface area contributed by atoms with Gasteiger partial charge in [-0.2, -0.15) is 0 Å². The Morgan fingerprint density at radius 2 is 0.553 bits per heavy atom. The predicted octanol–water partition coefficient (Wildman–Crippen LogP) is 25.9. The maximum atomic E-state index is 12.6. The lowest BCUT2D eigenvalue weighted by Gasteiger charge is -2.22. The molecule has 0 saturated carbocycles. The Morgan fingerprint density at radius 1 is 0.318 bits per heavy atom. The first-order valence-electron chi connectivity index (χ1n) is 39.4. The molecule has 6 heteroatoms. The molecule has 0 aliphatic carbocycles. The van der Waals surface area contributed by atoms with Crippen molar-refractivity contribution in [1.82, 2.24) is 5.32 Å². The van der Waals surface area contributed by atoms with Gasteiger partial charge >= 0.3 is 5.97 Å². The van der Waals surface area contributed by atoms with E-state index in [0.29, 0.717) is 25.9 Å². The minimum absolute atomic E-state index is 0.0181. The number of unbranched alkanes of at least 4 members (excludes halogenated alkanes) is 62. The van der Waals surface area contributed by atoms with Crippen LogP contribution in [0, 0.1) is 0 Å². The lowest BCUT2D eigenvalue weighted by molar-refractivity contribution is -0.143. The van der Waals surface area contributed by atoms with Crippen LogP contribution in [-0.2, 0) is 14.3 Å². The van der Waals surface area contributed by atoms with Gasteiger partial charge in [0.2, 0.25) is 5.91 Å². The Hall–Kier alpha value is -1.40. The highest BCUT2D eigenvalue weighted by molar-refractivity contribution is 5.76. The number of aliphatic hydroxyl groups excluding tert-OH is 2. The third-order valence-corrected chi connectivity index (χ3v) is 18.8. The number of hydrogen-bond donors (Lipinski definition) is 3. The first-order chi connectivity index (χ1) is 42.0. The number of esters is 1. The minimum atomic E-state index is -0.662. The average Bonchev–Trinajstić information content (AvgIpc) is 3.51. The molecular weight excluding hydrogens is 1040 g/mol. The van der Waals surface area contributed by atoms with Gasteiger partial charge in [0, 0.05) is 12.8 Å². The molecule has 6 nitrogen and oxygen atoms in total. The van der Waals surface area contributed by atoms with E-state index < -0.39 is 12.1 Å². The summed E-state index contributed by atoms with van der Waals surface area (Å²) in [6.07, 6.45) is 94.4. The molecule has 0 aromatic heterocycles. The Kier molecular flexibility index (Phi) is 73.8. The van der Waals surface area contributed by atoms with Gasteiger partial charge in [-0.1, -0.05) is 405 Å². The topological polar surface area (TPSA) is 95.9 Å². The van der Waals surface area contributed by atoms with Crippen molar-refractivity contribution in [3.63, 3.8) is 0 Å². The van der Waals surface area contributed by atoms with Crippen LogP contribution in [0.2, 0.25) is 0 Å². The quantitative estimate of drug-likeness (QED) is 0.0320. The van der Waals surface area contributed by atoms with Crippen molar-refractivity contribution in [1.29, 1.82) is 0 Å². The van der Waals surface area contributed by atoms with E-state index in [-0.39, 0.29) is 18.5 Å². The van der Waals surface area contributed by atoms with E-state index in [1.54, 1.807) is 0 Å². The number of rotatable bonds is 75. The average molecular weight is 1200 g/mol. The van der Waals surface area contributed by atoms with Crippen molar-refractivity contribution in [2.75, 3.05) is 13.2 Å². The summed E-state index contributed by atoms with van der Waals surface area (Å²) in [7, 11) is 0. The van der Waals surface area contributed by atoms with E-state index in [1.165, 1.54) is 379 Å². The molecule has 0 aliphatic rings. The first kappa shape index (κ1) is 83.6. The SMILES string of the molecule is CCCCCCCC/C=C\CCCCCCCCCC(=O)OCCCCCCCCCCCCCCCCCCCCCCCCCCCCCCCCC(=O)NC(CO)C(O)CCCCCCCCCCCCCCCCCCCCCCC. The van der Waals surface area contributed by atoms with Crippen molar-refractivity contribution in [3.8, 4) is 0 Å². The highest BCUT2D eigenvalue weighted by atomic mass is 16.5. The Morgan fingerprint density at radius 3 is 0.835 bits per heavy atom. The molecule has 0 fully saturated rings.